The van der Waals surface area contributed by atoms with Crippen LogP contribution in [0.5, 0.6) is 5.75 Å². The monoisotopic (exact) mass is 440 g/mol. The molecule has 0 bridgehead atoms. The van der Waals surface area contributed by atoms with Crippen molar-refractivity contribution in [2.45, 2.75) is 39.9 Å². The third-order valence-electron chi connectivity index (χ3n) is 5.90. The number of carbonyl (C=O) groups excluding carboxylic acids is 1. The summed E-state index contributed by atoms with van der Waals surface area (Å²) < 4.78 is 12.9. The highest BCUT2D eigenvalue weighted by Gasteiger charge is 2.20. The Kier molecular flexibility index (Phi) is 6.89. The smallest absolute Gasteiger partial charge is 0.419 e. The summed E-state index contributed by atoms with van der Waals surface area (Å²) in [4.78, 5) is 17.2. The largest absolute Gasteiger partial charge is 0.489 e. The van der Waals surface area contributed by atoms with Crippen LogP contribution in [0.3, 0.4) is 0 Å². The van der Waals surface area contributed by atoms with Crippen LogP contribution in [0.15, 0.2) is 85.2 Å². The van der Waals surface area contributed by atoms with Crippen molar-refractivity contribution in [1.29, 1.82) is 0 Å². The second kappa shape index (κ2) is 10.2. The maximum absolute atomic E-state index is 12.8. The van der Waals surface area contributed by atoms with E-state index in [1.54, 1.807) is 12.4 Å². The fraction of sp³-hybridized carbons (Fsp3) is 0.214. The molecule has 1 heterocycles. The summed E-state index contributed by atoms with van der Waals surface area (Å²) in [6, 6.07) is 23.8. The normalized spacial score (nSPS) is 11.7. The van der Waals surface area contributed by atoms with Crippen molar-refractivity contribution in [2.24, 2.45) is 0 Å². The first-order chi connectivity index (χ1) is 16.0. The second-order valence-electron chi connectivity index (χ2n) is 8.14. The highest BCUT2D eigenvalue weighted by atomic mass is 16.5. The lowest BCUT2D eigenvalue weighted by atomic mass is 9.93. The second-order valence-corrected chi connectivity index (χ2v) is 8.14. The Balaban J connectivity index is 1.37. The fourth-order valence-corrected chi connectivity index (χ4v) is 3.81. The Morgan fingerprint density at radius 1 is 0.909 bits per heavy atom. The number of hydrogen-bond acceptors (Lipinski definition) is 4. The zero-order valence-corrected chi connectivity index (χ0v) is 19.2. The van der Waals surface area contributed by atoms with E-state index in [4.69, 9.17) is 9.47 Å². The number of aryl methyl sites for hydroxylation is 1. The Morgan fingerprint density at radius 2 is 1.64 bits per heavy atom. The summed E-state index contributed by atoms with van der Waals surface area (Å²) in [5.41, 5.74) is 5.58. The van der Waals surface area contributed by atoms with Gasteiger partial charge in [-0.25, -0.2) is 14.3 Å². The average Bonchev–Trinajstić information content (AvgIpc) is 3.34. The van der Waals surface area contributed by atoms with E-state index in [1.165, 1.54) is 15.7 Å². The number of rotatable bonds is 7. The van der Waals surface area contributed by atoms with E-state index < -0.39 is 6.09 Å². The number of benzene rings is 3. The van der Waals surface area contributed by atoms with Gasteiger partial charge in [-0.1, -0.05) is 67.6 Å². The molecule has 0 amide bonds. The average molecular weight is 441 g/mol. The van der Waals surface area contributed by atoms with Crippen LogP contribution >= 0.6 is 0 Å². The highest BCUT2D eigenvalue weighted by molar-refractivity contribution is 5.71. The predicted octanol–water partition coefficient (Wildman–Crippen LogP) is 6.42. The third-order valence-corrected chi connectivity index (χ3v) is 5.90. The van der Waals surface area contributed by atoms with Gasteiger partial charge < -0.3 is 9.47 Å². The van der Waals surface area contributed by atoms with Crippen molar-refractivity contribution < 1.29 is 14.3 Å². The molecule has 0 fully saturated rings. The minimum absolute atomic E-state index is 0.0338. The van der Waals surface area contributed by atoms with Crippen LogP contribution in [0.1, 0.15) is 46.5 Å². The topological polar surface area (TPSA) is 53.4 Å². The molecule has 0 saturated carbocycles. The zero-order chi connectivity index (χ0) is 23.2. The van der Waals surface area contributed by atoms with E-state index in [0.717, 1.165) is 22.4 Å². The van der Waals surface area contributed by atoms with Crippen LogP contribution in [0.2, 0.25) is 0 Å². The molecular weight excluding hydrogens is 412 g/mol. The van der Waals surface area contributed by atoms with E-state index in [-0.39, 0.29) is 12.5 Å². The van der Waals surface area contributed by atoms with Gasteiger partial charge in [0.05, 0.1) is 0 Å². The van der Waals surface area contributed by atoms with Gasteiger partial charge in [0.2, 0.25) is 0 Å². The van der Waals surface area contributed by atoms with Gasteiger partial charge in [-0.05, 0) is 53.8 Å². The standard InChI is InChI=1S/C28H28N2O3/c1-20-8-7-11-26(21(20)2)22(3)27-29-16-17-30(27)28(31)33-19-24-12-14-25(15-13-24)32-18-23-9-5-4-6-10-23/h4-17,22H,18-19H2,1-3H3/t22-/m0/s1. The lowest BCUT2D eigenvalue weighted by Crippen LogP contribution is -2.18. The Labute approximate surface area is 194 Å². The summed E-state index contributed by atoms with van der Waals surface area (Å²) in [6.07, 6.45) is 2.85. The molecule has 0 spiro atoms. The van der Waals surface area contributed by atoms with Crippen LogP contribution in [0.4, 0.5) is 4.79 Å². The van der Waals surface area contributed by atoms with Gasteiger partial charge in [-0.2, -0.15) is 0 Å². The highest BCUT2D eigenvalue weighted by Crippen LogP contribution is 2.27. The maximum Gasteiger partial charge on any atom is 0.419 e. The van der Waals surface area contributed by atoms with Crippen molar-refractivity contribution in [3.05, 3.63) is 119 Å². The van der Waals surface area contributed by atoms with E-state index in [2.05, 4.69) is 37.9 Å². The molecule has 0 aliphatic rings. The van der Waals surface area contributed by atoms with Gasteiger partial charge >= 0.3 is 6.09 Å². The van der Waals surface area contributed by atoms with Gasteiger partial charge in [0.1, 0.15) is 24.8 Å². The molecule has 33 heavy (non-hydrogen) atoms. The molecule has 0 radical (unpaired) electrons. The lowest BCUT2D eigenvalue weighted by Gasteiger charge is -2.17. The summed E-state index contributed by atoms with van der Waals surface area (Å²) >= 11 is 0. The van der Waals surface area contributed by atoms with Crippen molar-refractivity contribution >= 4 is 6.09 Å². The Morgan fingerprint density at radius 3 is 2.39 bits per heavy atom. The Bertz CT molecular complexity index is 1210. The van der Waals surface area contributed by atoms with Gasteiger partial charge in [-0.15, -0.1) is 0 Å². The van der Waals surface area contributed by atoms with Gasteiger partial charge in [-0.3, -0.25) is 0 Å². The van der Waals surface area contributed by atoms with E-state index in [9.17, 15) is 4.79 Å². The molecule has 0 unspecified atom stereocenters. The van der Waals surface area contributed by atoms with Crippen molar-refractivity contribution in [2.75, 3.05) is 0 Å². The Hall–Kier alpha value is -3.86. The van der Waals surface area contributed by atoms with Gasteiger partial charge in [0, 0.05) is 18.3 Å². The third kappa shape index (κ3) is 5.32. The predicted molar refractivity (Wildman–Crippen MR) is 128 cm³/mol. The molecule has 0 N–H and O–H groups in total. The number of aromatic nitrogens is 2. The summed E-state index contributed by atoms with van der Waals surface area (Å²) in [5.74, 6) is 1.40. The minimum atomic E-state index is -0.441. The summed E-state index contributed by atoms with van der Waals surface area (Å²) in [7, 11) is 0. The number of nitrogens with zero attached hydrogens (tertiary/aromatic N) is 2. The van der Waals surface area contributed by atoms with Crippen LogP contribution < -0.4 is 4.74 Å². The van der Waals surface area contributed by atoms with E-state index in [0.29, 0.717) is 12.4 Å². The molecule has 1 atom stereocenters. The maximum atomic E-state index is 12.8. The molecule has 4 rings (SSSR count). The van der Waals surface area contributed by atoms with Crippen molar-refractivity contribution in [3.8, 4) is 5.75 Å². The molecule has 168 valence electrons. The summed E-state index contributed by atoms with van der Waals surface area (Å²) in [5, 5.41) is 0. The van der Waals surface area contributed by atoms with Crippen LogP contribution in [-0.4, -0.2) is 15.6 Å². The minimum Gasteiger partial charge on any atom is -0.489 e. The molecular formula is C28H28N2O3. The van der Waals surface area contributed by atoms with Crippen molar-refractivity contribution in [3.63, 3.8) is 0 Å². The molecule has 1 aromatic heterocycles. The number of ether oxygens (including phenoxy) is 2. The van der Waals surface area contributed by atoms with Crippen molar-refractivity contribution in [1.82, 2.24) is 9.55 Å². The summed E-state index contributed by atoms with van der Waals surface area (Å²) in [6.45, 7) is 6.93. The van der Waals surface area contributed by atoms with Crippen LogP contribution in [0, 0.1) is 13.8 Å². The molecule has 0 aliphatic carbocycles. The number of imidazole rings is 1. The quantitative estimate of drug-likeness (QED) is 0.333. The van der Waals surface area contributed by atoms with Gasteiger partial charge in [0.15, 0.2) is 0 Å². The van der Waals surface area contributed by atoms with Crippen LogP contribution in [-0.2, 0) is 18.0 Å². The number of carbonyl (C=O) groups is 1. The SMILES string of the molecule is Cc1cccc([C@H](C)c2nccn2C(=O)OCc2ccc(OCc3ccccc3)cc2)c1C. The zero-order valence-electron chi connectivity index (χ0n) is 19.2. The molecule has 5 heteroatoms. The molecule has 3 aromatic carbocycles. The van der Waals surface area contributed by atoms with Crippen LogP contribution in [0.25, 0.3) is 0 Å². The van der Waals surface area contributed by atoms with Gasteiger partial charge in [0.25, 0.3) is 0 Å². The molecule has 0 aliphatic heterocycles. The fourth-order valence-electron chi connectivity index (χ4n) is 3.81. The first-order valence-electron chi connectivity index (χ1n) is 11.0. The number of hydrogen-bond donors (Lipinski definition) is 0. The molecule has 5 nitrogen and oxygen atoms in total. The van der Waals surface area contributed by atoms with E-state index >= 15 is 0 Å². The first kappa shape index (κ1) is 22.3. The lowest BCUT2D eigenvalue weighted by molar-refractivity contribution is 0.140. The molecule has 0 saturated heterocycles. The molecule has 4 aromatic rings. The first-order valence-corrected chi connectivity index (χ1v) is 11.0. The van der Waals surface area contributed by atoms with E-state index in [1.807, 2.05) is 60.7 Å².